The summed E-state index contributed by atoms with van der Waals surface area (Å²) < 4.78 is 7.50. The number of rotatable bonds is 20. The van der Waals surface area contributed by atoms with Crippen LogP contribution in [0.25, 0.3) is 0 Å². The SMILES string of the molecule is CC(C)(C)[PH+](CCNCC[PH+](C(C)(C)C)C(C)(C)C)C(C)(C)C.[C-]#[O+].[CH-]=O.[CH2-]CCC.[CH2-]CCC.[CH2-]CCCCC.[Cl][RuH+2].[Cl][Ru].[Pt].c1ccc(P(c2ccccc2)c2ccccc2)cc1.c1ccc(P(c2ccccc2)c2ccccc2)cc1.c1ccc(P(c2ccccc2)c2ccccc2)cc1. The van der Waals surface area contributed by atoms with Crippen LogP contribution in [0.15, 0.2) is 273 Å². The summed E-state index contributed by atoms with van der Waals surface area (Å²) in [5.74, 6) is 0. The van der Waals surface area contributed by atoms with Gasteiger partial charge < -0.3 is 30.9 Å². The van der Waals surface area contributed by atoms with Crippen molar-refractivity contribution in [2.45, 2.75) is 176 Å². The smallest absolute Gasteiger partial charge is 0 e. The van der Waals surface area contributed by atoms with Crippen LogP contribution in [0.3, 0.4) is 0 Å². The van der Waals surface area contributed by atoms with E-state index in [2.05, 4.69) is 436 Å². The third-order valence-electron chi connectivity index (χ3n) is 15.4. The summed E-state index contributed by atoms with van der Waals surface area (Å²) in [7, 11) is 7.07. The van der Waals surface area contributed by atoms with E-state index in [0.29, 0.717) is 20.6 Å². The largest absolute Gasteiger partial charge is 0.0622 e. The maximum atomic E-state index is 7.75. The topological polar surface area (TPSA) is 49.0 Å². The number of hydrogen-bond donors (Lipinski definition) is 1. The van der Waals surface area contributed by atoms with Crippen molar-refractivity contribution in [3.8, 4) is 0 Å². The maximum absolute atomic E-state index is 7.75. The Morgan fingerprint density at radius 2 is 0.495 bits per heavy atom. The quantitative estimate of drug-likeness (QED) is 0.0206. The van der Waals surface area contributed by atoms with Crippen LogP contribution in [0, 0.1) is 27.4 Å². The van der Waals surface area contributed by atoms with E-state index in [0.717, 1.165) is 19.3 Å². The average molecular weight is 1880 g/mol. The van der Waals surface area contributed by atoms with Gasteiger partial charge in [-0.15, -0.1) is 0 Å². The molecule has 0 unspecified atom stereocenters. The van der Waals surface area contributed by atoms with Crippen LogP contribution in [-0.4, -0.2) is 52.8 Å². The van der Waals surface area contributed by atoms with Gasteiger partial charge in [0.1, 0.15) is 0 Å². The summed E-state index contributed by atoms with van der Waals surface area (Å²) in [5, 5.41) is 18.3. The fourth-order valence-corrected chi connectivity index (χ4v) is 26.5. The fourth-order valence-electron chi connectivity index (χ4n) is 11.3. The molecule has 0 bridgehead atoms. The van der Waals surface area contributed by atoms with Crippen molar-refractivity contribution >= 4 is 114 Å². The minimum Gasteiger partial charge on any atom is -0.0622 e. The Bertz CT molecular complexity index is 2660. The van der Waals surface area contributed by atoms with E-state index >= 15 is 0 Å². The molecule has 567 valence electrons. The molecular weight excluding hydrogens is 1750 g/mol. The molecule has 0 fully saturated rings. The predicted octanol–water partition coefficient (Wildman–Crippen LogP) is 23.0. The molecule has 9 rings (SSSR count). The maximum Gasteiger partial charge on any atom is 0 e. The standard InChI is InChI=1S/C20H45NP2.3C18H15P.C6H13.2C4H9.CHO.CO.2ClH.Pt.2Ru.H/c1-17(2,3)22(18(4,5)6)15-13-21-14-16-23(19(7,8)9)20(10,11)12;3*1-4-10-16(11-5-1)19(17-12-6-2-7-13-17)18-14-8-3-9-15-18;1-3-5-6-4-2;2*1-3-4-2;2*1-2;;;;;;/h21H,13-16H2,1-12H3;3*1-15H;1,3-6H2,2H3;2*1,3-4H2,2H3;1H;;2*1H;;;;/q;;;;4*-1;;;;;+1;+3;. The third-order valence-corrected chi connectivity index (χ3v) is 31.5. The molecule has 0 saturated heterocycles. The first-order chi connectivity index (χ1) is 49.1. The molecule has 0 radical (unpaired) electrons. The van der Waals surface area contributed by atoms with Crippen molar-refractivity contribution in [1.82, 2.24) is 5.32 Å². The minimum absolute atomic E-state index is 0. The van der Waals surface area contributed by atoms with Crippen molar-refractivity contribution in [1.29, 1.82) is 0 Å². The van der Waals surface area contributed by atoms with Crippen molar-refractivity contribution in [3.63, 3.8) is 0 Å². The summed E-state index contributed by atoms with van der Waals surface area (Å²) in [6, 6.07) is 97.0. The summed E-state index contributed by atoms with van der Waals surface area (Å²) in [5.41, 5.74) is 0. The zero-order valence-electron chi connectivity index (χ0n) is 64.6. The number of carbonyl (C=O) groups excluding carboxylic acids is 1. The number of unbranched alkanes of at least 4 members (excludes halogenated alkanes) is 5. The Morgan fingerprint density at radius 1 is 0.350 bits per heavy atom. The molecule has 0 aliphatic heterocycles. The van der Waals surface area contributed by atoms with E-state index in [4.69, 9.17) is 9.45 Å². The molecule has 0 atom stereocenters. The van der Waals surface area contributed by atoms with Gasteiger partial charge in [0.15, 0.2) is 0 Å². The van der Waals surface area contributed by atoms with Crippen LogP contribution in [-0.2, 0) is 65.1 Å². The number of benzene rings is 9. The van der Waals surface area contributed by atoms with Crippen molar-refractivity contribution in [2.24, 2.45) is 0 Å². The zero-order chi connectivity index (χ0) is 77.1. The van der Waals surface area contributed by atoms with Crippen LogP contribution >= 0.6 is 59.0 Å². The second kappa shape index (κ2) is 65.0. The first-order valence-electron chi connectivity index (χ1n) is 35.5. The predicted molar refractivity (Wildman–Crippen MR) is 467 cm³/mol. The Balaban J connectivity index is -0.00000118. The van der Waals surface area contributed by atoms with Gasteiger partial charge in [-0.3, -0.25) is 6.79 Å². The average Bonchev–Trinajstić information content (AvgIpc) is 0.839. The zero-order valence-corrected chi connectivity index (χ0v) is 76.7. The monoisotopic (exact) mass is 1880 g/mol. The molecule has 9 aromatic carbocycles. The molecule has 3 nitrogen and oxygen atoms in total. The molecule has 0 amide bonds. The van der Waals surface area contributed by atoms with Gasteiger partial charge in [0, 0.05) is 50.0 Å². The van der Waals surface area contributed by atoms with Gasteiger partial charge in [-0.1, -0.05) is 326 Å². The van der Waals surface area contributed by atoms with Crippen LogP contribution in [0.4, 0.5) is 0 Å². The van der Waals surface area contributed by atoms with Crippen LogP contribution in [0.1, 0.15) is 155 Å². The number of halogens is 2. The van der Waals surface area contributed by atoms with E-state index in [9.17, 15) is 0 Å². The van der Waals surface area contributed by atoms with E-state index in [1.54, 1.807) is 17.3 Å². The molecule has 0 heterocycles. The minimum atomic E-state index is -0.446. The van der Waals surface area contributed by atoms with E-state index < -0.39 is 23.8 Å². The van der Waals surface area contributed by atoms with Gasteiger partial charge in [0.05, 0.1) is 32.9 Å². The molecule has 0 aliphatic carbocycles. The second-order valence-electron chi connectivity index (χ2n) is 27.5. The Hall–Kier alpha value is -2.98. The van der Waals surface area contributed by atoms with Crippen molar-refractivity contribution < 1.29 is 65.1 Å². The Kier molecular flexibility index (Phi) is 65.7. The third kappa shape index (κ3) is 46.2. The molecule has 0 spiro atoms. The molecular formula is C90H125Cl2NO2P5PtRu2. The fraction of sp³-hybridized carbons (Fsp3) is 0.344. The van der Waals surface area contributed by atoms with Crippen LogP contribution in [0.2, 0.25) is 0 Å². The molecule has 0 aliphatic rings. The summed E-state index contributed by atoms with van der Waals surface area (Å²) in [6.07, 6.45) is 12.4. The van der Waals surface area contributed by atoms with Gasteiger partial charge in [-0.05, 0) is 155 Å². The Labute approximate surface area is 679 Å². The second-order valence-corrected chi connectivity index (χ2v) is 43.1. The first kappa shape index (κ1) is 104. The summed E-state index contributed by atoms with van der Waals surface area (Å²) >= 11 is 3.44. The number of nitrogens with one attached hydrogen (secondary N) is 1. The first-order valence-corrected chi connectivity index (χ1v) is 47.5. The van der Waals surface area contributed by atoms with Gasteiger partial charge in [0.2, 0.25) is 0 Å². The van der Waals surface area contributed by atoms with Crippen LogP contribution in [0.5, 0.6) is 0 Å². The van der Waals surface area contributed by atoms with E-state index in [1.807, 2.05) is 17.3 Å². The molecule has 0 saturated carbocycles. The molecule has 103 heavy (non-hydrogen) atoms. The van der Waals surface area contributed by atoms with Crippen molar-refractivity contribution in [3.05, 3.63) is 300 Å². The van der Waals surface area contributed by atoms with Crippen molar-refractivity contribution in [2.75, 3.05) is 25.4 Å². The normalized spacial score (nSPS) is 10.5. The van der Waals surface area contributed by atoms with Gasteiger partial charge in [-0.25, -0.2) is 0 Å². The van der Waals surface area contributed by atoms with Gasteiger partial charge >= 0.3 is 65.3 Å². The molecule has 0 aromatic heterocycles. The van der Waals surface area contributed by atoms with Gasteiger partial charge in [-0.2, -0.15) is 19.3 Å². The van der Waals surface area contributed by atoms with Crippen LogP contribution < -0.4 is 53.1 Å². The molecule has 13 heteroatoms. The van der Waals surface area contributed by atoms with E-state index in [1.165, 1.54) is 105 Å². The summed E-state index contributed by atoms with van der Waals surface area (Å²) in [6.45, 7) is 56.8. The number of hydrogen-bond acceptors (Lipinski definition) is 2. The van der Waals surface area contributed by atoms with Gasteiger partial charge in [0.25, 0.3) is 0 Å². The van der Waals surface area contributed by atoms with E-state index in [-0.39, 0.29) is 36.9 Å². The molecule has 1 N–H and O–H groups in total. The molecule has 9 aromatic rings. The summed E-state index contributed by atoms with van der Waals surface area (Å²) in [4.78, 5) is 7.75. The Morgan fingerprint density at radius 3 is 0.592 bits per heavy atom.